The number of halogens is 1. The van der Waals surface area contributed by atoms with Crippen molar-refractivity contribution >= 4 is 34.0 Å². The fourth-order valence-corrected chi connectivity index (χ4v) is 2.56. The highest BCUT2D eigenvalue weighted by Crippen LogP contribution is 2.25. The Labute approximate surface area is 128 Å². The van der Waals surface area contributed by atoms with Crippen molar-refractivity contribution in [1.82, 2.24) is 9.97 Å². The van der Waals surface area contributed by atoms with E-state index >= 15 is 0 Å². The molecule has 0 saturated carbocycles. The van der Waals surface area contributed by atoms with Gasteiger partial charge in [-0.1, -0.05) is 23.7 Å². The smallest absolute Gasteiger partial charge is 0.139 e. The van der Waals surface area contributed by atoms with Gasteiger partial charge in [-0.25, -0.2) is 9.97 Å². The summed E-state index contributed by atoms with van der Waals surface area (Å²) in [5.41, 5.74) is 8.58. The first-order chi connectivity index (χ1) is 10.1. The van der Waals surface area contributed by atoms with Crippen molar-refractivity contribution in [3.05, 3.63) is 59.4 Å². The second kappa shape index (κ2) is 5.58. The molecule has 0 aliphatic heterocycles. The van der Waals surface area contributed by atoms with Gasteiger partial charge in [0.05, 0.1) is 5.52 Å². The molecule has 0 aliphatic carbocycles. The summed E-state index contributed by atoms with van der Waals surface area (Å²) in [4.78, 5) is 10.7. The molecule has 0 saturated heterocycles. The van der Waals surface area contributed by atoms with Gasteiger partial charge in [0.2, 0.25) is 0 Å². The van der Waals surface area contributed by atoms with Gasteiger partial charge in [-0.05, 0) is 35.9 Å². The molecule has 3 aromatic rings. The number of nitrogens with zero attached hydrogens (tertiary/aromatic N) is 3. The molecule has 2 aromatic carbocycles. The topological polar surface area (TPSA) is 55.0 Å². The van der Waals surface area contributed by atoms with Crippen LogP contribution in [0.25, 0.3) is 10.9 Å². The van der Waals surface area contributed by atoms with E-state index in [0.29, 0.717) is 12.2 Å². The fraction of sp³-hybridized carbons (Fsp3) is 0.125. The van der Waals surface area contributed by atoms with Crippen molar-refractivity contribution in [3.8, 4) is 0 Å². The van der Waals surface area contributed by atoms with E-state index in [1.807, 2.05) is 49.5 Å². The van der Waals surface area contributed by atoms with Crippen molar-refractivity contribution in [2.75, 3.05) is 17.7 Å². The van der Waals surface area contributed by atoms with Crippen LogP contribution >= 0.6 is 11.6 Å². The molecule has 0 radical (unpaired) electrons. The maximum atomic E-state index is 6.03. The van der Waals surface area contributed by atoms with Crippen LogP contribution in [0.1, 0.15) is 5.56 Å². The van der Waals surface area contributed by atoms with Crippen LogP contribution in [0, 0.1) is 0 Å². The lowest BCUT2D eigenvalue weighted by atomic mass is 10.2. The first kappa shape index (κ1) is 13.6. The highest BCUT2D eigenvalue weighted by molar-refractivity contribution is 6.30. The highest BCUT2D eigenvalue weighted by atomic mass is 35.5. The van der Waals surface area contributed by atoms with Crippen molar-refractivity contribution in [2.45, 2.75) is 6.54 Å². The third kappa shape index (κ3) is 2.90. The molecule has 1 heterocycles. The predicted octanol–water partition coefficient (Wildman–Crippen LogP) is 3.50. The van der Waals surface area contributed by atoms with Gasteiger partial charge < -0.3 is 10.6 Å². The zero-order valence-electron chi connectivity index (χ0n) is 11.6. The molecular weight excluding hydrogens is 284 g/mol. The molecule has 0 atom stereocenters. The van der Waals surface area contributed by atoms with E-state index in [9.17, 15) is 0 Å². The van der Waals surface area contributed by atoms with Crippen molar-refractivity contribution < 1.29 is 0 Å². The van der Waals surface area contributed by atoms with E-state index in [-0.39, 0.29) is 0 Å². The minimum Gasteiger partial charge on any atom is -0.399 e. The fourth-order valence-electron chi connectivity index (χ4n) is 2.35. The van der Waals surface area contributed by atoms with Crippen LogP contribution in [-0.4, -0.2) is 17.0 Å². The minimum atomic E-state index is 0.703. The molecule has 2 N–H and O–H groups in total. The largest absolute Gasteiger partial charge is 0.399 e. The number of nitrogens with two attached hydrogens (primary N) is 1. The molecule has 106 valence electrons. The number of nitrogen functional groups attached to an aromatic ring is 1. The zero-order chi connectivity index (χ0) is 14.8. The lowest BCUT2D eigenvalue weighted by Gasteiger charge is -2.20. The maximum absolute atomic E-state index is 6.03. The Balaban J connectivity index is 1.98. The molecule has 0 amide bonds. The van der Waals surface area contributed by atoms with Gasteiger partial charge in [0, 0.05) is 29.7 Å². The summed E-state index contributed by atoms with van der Waals surface area (Å²) in [5.74, 6) is 0.854. The van der Waals surface area contributed by atoms with Crippen LogP contribution < -0.4 is 10.6 Å². The van der Waals surface area contributed by atoms with E-state index in [1.165, 1.54) is 0 Å². The van der Waals surface area contributed by atoms with E-state index in [2.05, 4.69) is 14.9 Å². The molecular formula is C16H15ClN4. The zero-order valence-corrected chi connectivity index (χ0v) is 12.4. The van der Waals surface area contributed by atoms with Crippen LogP contribution in [0.2, 0.25) is 5.02 Å². The number of fused-ring (bicyclic) bond motifs is 1. The van der Waals surface area contributed by atoms with Crippen LogP contribution in [0.4, 0.5) is 11.5 Å². The van der Waals surface area contributed by atoms with Gasteiger partial charge >= 0.3 is 0 Å². The van der Waals surface area contributed by atoms with Gasteiger partial charge in [0.25, 0.3) is 0 Å². The lowest BCUT2D eigenvalue weighted by Crippen LogP contribution is -2.18. The number of rotatable bonds is 3. The molecule has 3 rings (SSSR count). The van der Waals surface area contributed by atoms with Crippen molar-refractivity contribution in [1.29, 1.82) is 0 Å². The summed E-state index contributed by atoms with van der Waals surface area (Å²) in [7, 11) is 1.99. The van der Waals surface area contributed by atoms with Crippen LogP contribution in [0.5, 0.6) is 0 Å². The Morgan fingerprint density at radius 3 is 2.81 bits per heavy atom. The second-order valence-electron chi connectivity index (χ2n) is 4.96. The van der Waals surface area contributed by atoms with E-state index in [4.69, 9.17) is 17.3 Å². The predicted molar refractivity (Wildman–Crippen MR) is 87.5 cm³/mol. The molecule has 0 spiro atoms. The van der Waals surface area contributed by atoms with Gasteiger partial charge in [0.1, 0.15) is 12.1 Å². The summed E-state index contributed by atoms with van der Waals surface area (Å²) < 4.78 is 0. The molecule has 0 fully saturated rings. The van der Waals surface area contributed by atoms with Crippen LogP contribution in [0.15, 0.2) is 48.8 Å². The van der Waals surface area contributed by atoms with Gasteiger partial charge in [-0.15, -0.1) is 0 Å². The Bertz CT molecular complexity index is 788. The Hall–Kier alpha value is -2.33. The number of anilines is 2. The Morgan fingerprint density at radius 1 is 1.14 bits per heavy atom. The summed E-state index contributed by atoms with van der Waals surface area (Å²) in [5, 5.41) is 1.68. The molecule has 0 aliphatic rings. The number of aromatic nitrogens is 2. The number of hydrogen-bond donors (Lipinski definition) is 1. The quantitative estimate of drug-likeness (QED) is 0.752. The monoisotopic (exact) mass is 298 g/mol. The normalized spacial score (nSPS) is 10.8. The molecule has 1 aromatic heterocycles. The van der Waals surface area contributed by atoms with Crippen LogP contribution in [-0.2, 0) is 6.54 Å². The maximum Gasteiger partial charge on any atom is 0.139 e. The Kier molecular flexibility index (Phi) is 3.62. The second-order valence-corrected chi connectivity index (χ2v) is 5.40. The first-order valence-corrected chi connectivity index (χ1v) is 6.97. The lowest BCUT2D eigenvalue weighted by molar-refractivity contribution is 0.900. The summed E-state index contributed by atoms with van der Waals surface area (Å²) in [6, 6.07) is 13.5. The number of hydrogen-bond acceptors (Lipinski definition) is 4. The van der Waals surface area contributed by atoms with Crippen molar-refractivity contribution in [2.24, 2.45) is 0 Å². The minimum absolute atomic E-state index is 0.703. The van der Waals surface area contributed by atoms with Gasteiger partial charge in [-0.3, -0.25) is 0 Å². The summed E-state index contributed by atoms with van der Waals surface area (Å²) >= 11 is 6.03. The molecule has 0 bridgehead atoms. The third-order valence-electron chi connectivity index (χ3n) is 3.31. The Morgan fingerprint density at radius 2 is 2.00 bits per heavy atom. The van der Waals surface area contributed by atoms with Gasteiger partial charge in [-0.2, -0.15) is 0 Å². The summed E-state index contributed by atoms with van der Waals surface area (Å²) in [6.45, 7) is 0.710. The molecule has 21 heavy (non-hydrogen) atoms. The molecule has 0 unspecified atom stereocenters. The van der Waals surface area contributed by atoms with Gasteiger partial charge in [0.15, 0.2) is 0 Å². The average molecular weight is 299 g/mol. The van der Waals surface area contributed by atoms with Crippen molar-refractivity contribution in [3.63, 3.8) is 0 Å². The van der Waals surface area contributed by atoms with Crippen LogP contribution in [0.3, 0.4) is 0 Å². The molecule has 5 heteroatoms. The SMILES string of the molecule is CN(Cc1cccc(Cl)c1)c1ncnc2ccc(N)cc12. The van der Waals surface area contributed by atoms with E-state index < -0.39 is 0 Å². The van der Waals surface area contributed by atoms with E-state index in [0.717, 1.165) is 27.3 Å². The summed E-state index contributed by atoms with van der Waals surface area (Å²) in [6.07, 6.45) is 1.57. The highest BCUT2D eigenvalue weighted by Gasteiger charge is 2.09. The average Bonchev–Trinajstić information content (AvgIpc) is 2.46. The number of benzene rings is 2. The first-order valence-electron chi connectivity index (χ1n) is 6.59. The molecule has 4 nitrogen and oxygen atoms in total. The third-order valence-corrected chi connectivity index (χ3v) is 3.54. The standard InChI is InChI=1S/C16H15ClN4/c1-21(9-11-3-2-4-12(17)7-11)16-14-8-13(18)5-6-15(14)19-10-20-16/h2-8,10H,9,18H2,1H3. The van der Waals surface area contributed by atoms with E-state index in [1.54, 1.807) is 6.33 Å².